The number of aromatic carboxylic acids is 1. The maximum absolute atomic E-state index is 10.1. The second-order valence-electron chi connectivity index (χ2n) is 5.69. The topological polar surface area (TPSA) is 67.8 Å². The highest BCUT2D eigenvalue weighted by atomic mass is 16.4. The Kier molecular flexibility index (Phi) is 15.0. The van der Waals surface area contributed by atoms with Gasteiger partial charge in [0.15, 0.2) is 0 Å². The van der Waals surface area contributed by atoms with Gasteiger partial charge in [-0.25, -0.2) is 0 Å². The normalized spacial score (nSPS) is 9.91. The quantitative estimate of drug-likeness (QED) is 0.638. The van der Waals surface area contributed by atoms with Gasteiger partial charge >= 0.3 is 0 Å². The summed E-state index contributed by atoms with van der Waals surface area (Å²) in [6.07, 6.45) is 14.2. The largest absolute Gasteiger partial charge is 0.545 e. The Bertz CT molecular complexity index is 342. The molecular formula is C19H33NO2. The lowest BCUT2D eigenvalue weighted by Crippen LogP contribution is -2.50. The second kappa shape index (κ2) is 16.0. The van der Waals surface area contributed by atoms with E-state index in [1.807, 2.05) is 0 Å². The minimum Gasteiger partial charge on any atom is -0.545 e. The van der Waals surface area contributed by atoms with Gasteiger partial charge < -0.3 is 15.6 Å². The number of carbonyl (C=O) groups excluding carboxylic acids is 1. The molecule has 0 spiro atoms. The minimum absolute atomic E-state index is 0.220. The molecule has 0 aliphatic carbocycles. The van der Waals surface area contributed by atoms with Crippen molar-refractivity contribution in [3.63, 3.8) is 0 Å². The van der Waals surface area contributed by atoms with E-state index < -0.39 is 5.97 Å². The number of rotatable bonds is 11. The van der Waals surface area contributed by atoms with Gasteiger partial charge in [0.2, 0.25) is 0 Å². The van der Waals surface area contributed by atoms with Crippen molar-refractivity contribution in [3.8, 4) is 0 Å². The zero-order valence-corrected chi connectivity index (χ0v) is 14.2. The lowest BCUT2D eigenvalue weighted by atomic mass is 10.1. The van der Waals surface area contributed by atoms with Crippen LogP contribution in [0.2, 0.25) is 0 Å². The Morgan fingerprint density at radius 3 is 1.68 bits per heavy atom. The summed E-state index contributed by atoms with van der Waals surface area (Å²) < 4.78 is 0. The Morgan fingerprint density at radius 2 is 1.32 bits per heavy atom. The van der Waals surface area contributed by atoms with Gasteiger partial charge in [-0.05, 0) is 18.4 Å². The predicted octanol–water partition coefficient (Wildman–Crippen LogP) is 3.20. The molecule has 0 atom stereocenters. The number of quaternary nitrogens is 1. The molecule has 0 aliphatic rings. The number of carboxylic acid groups (broad SMARTS) is 1. The molecule has 0 saturated carbocycles. The van der Waals surface area contributed by atoms with Crippen molar-refractivity contribution in [3.05, 3.63) is 35.9 Å². The second-order valence-corrected chi connectivity index (χ2v) is 5.69. The lowest BCUT2D eigenvalue weighted by molar-refractivity contribution is -0.368. The smallest absolute Gasteiger partial charge is 0.0739 e. The summed E-state index contributed by atoms with van der Waals surface area (Å²) in [5.41, 5.74) is 4.07. The van der Waals surface area contributed by atoms with Crippen LogP contribution in [0.15, 0.2) is 30.3 Å². The highest BCUT2D eigenvalue weighted by Crippen LogP contribution is 2.09. The molecular weight excluding hydrogens is 274 g/mol. The fraction of sp³-hybridized carbons (Fsp3) is 0.632. The summed E-state index contributed by atoms with van der Waals surface area (Å²) in [5, 5.41) is 10.1. The maximum Gasteiger partial charge on any atom is 0.0739 e. The van der Waals surface area contributed by atoms with Gasteiger partial charge in [0, 0.05) is 0 Å². The zero-order chi connectivity index (χ0) is 16.5. The fourth-order valence-electron chi connectivity index (χ4n) is 2.24. The summed E-state index contributed by atoms with van der Waals surface area (Å²) >= 11 is 0. The third-order valence-corrected chi connectivity index (χ3v) is 3.61. The van der Waals surface area contributed by atoms with E-state index in [1.165, 1.54) is 76.3 Å². The van der Waals surface area contributed by atoms with E-state index in [-0.39, 0.29) is 5.56 Å². The number of carboxylic acids is 1. The van der Waals surface area contributed by atoms with Crippen LogP contribution >= 0.6 is 0 Å². The van der Waals surface area contributed by atoms with Crippen LogP contribution in [-0.4, -0.2) is 12.5 Å². The first kappa shape index (κ1) is 20.6. The van der Waals surface area contributed by atoms with Gasteiger partial charge in [-0.3, -0.25) is 0 Å². The standard InChI is InChI=1S/C12H27N.C7H6O2/c1-2-3-4-5-6-7-8-9-10-11-12-13;8-7(9)6-4-2-1-3-5-6/h2-13H2,1H3;1-5H,(H,8,9). The molecule has 0 aromatic heterocycles. The molecule has 0 radical (unpaired) electrons. The van der Waals surface area contributed by atoms with Gasteiger partial charge in [-0.2, -0.15) is 0 Å². The predicted molar refractivity (Wildman–Crippen MR) is 90.4 cm³/mol. The van der Waals surface area contributed by atoms with Crippen LogP contribution in [0.3, 0.4) is 0 Å². The summed E-state index contributed by atoms with van der Waals surface area (Å²) in [4.78, 5) is 10.1. The van der Waals surface area contributed by atoms with Crippen molar-refractivity contribution in [2.75, 3.05) is 6.54 Å². The number of unbranched alkanes of at least 4 members (excludes halogenated alkanes) is 9. The molecule has 1 aromatic carbocycles. The summed E-state index contributed by atoms with van der Waals surface area (Å²) in [6.45, 7) is 3.40. The molecule has 0 amide bonds. The zero-order valence-electron chi connectivity index (χ0n) is 14.2. The SMILES string of the molecule is CCCCCCCCCCCC[NH3+].O=C([O-])c1ccccc1. The molecule has 0 unspecified atom stereocenters. The van der Waals surface area contributed by atoms with Crippen molar-refractivity contribution in [2.45, 2.75) is 71.1 Å². The van der Waals surface area contributed by atoms with Gasteiger partial charge in [0.05, 0.1) is 12.5 Å². The molecule has 126 valence electrons. The van der Waals surface area contributed by atoms with E-state index in [4.69, 9.17) is 0 Å². The van der Waals surface area contributed by atoms with Crippen LogP contribution in [0.25, 0.3) is 0 Å². The van der Waals surface area contributed by atoms with E-state index in [9.17, 15) is 9.90 Å². The third kappa shape index (κ3) is 13.6. The Morgan fingerprint density at radius 1 is 0.864 bits per heavy atom. The average Bonchev–Trinajstić information content (AvgIpc) is 2.55. The molecule has 0 bridgehead atoms. The Hall–Kier alpha value is -1.35. The first-order valence-corrected chi connectivity index (χ1v) is 8.78. The van der Waals surface area contributed by atoms with Crippen molar-refractivity contribution in [1.29, 1.82) is 0 Å². The van der Waals surface area contributed by atoms with Crippen molar-refractivity contribution in [2.24, 2.45) is 0 Å². The van der Waals surface area contributed by atoms with Crippen LogP contribution in [0.4, 0.5) is 0 Å². The molecule has 3 nitrogen and oxygen atoms in total. The van der Waals surface area contributed by atoms with Crippen LogP contribution in [0.1, 0.15) is 81.5 Å². The summed E-state index contributed by atoms with van der Waals surface area (Å²) in [6, 6.07) is 8.06. The fourth-order valence-corrected chi connectivity index (χ4v) is 2.24. The van der Waals surface area contributed by atoms with Gasteiger partial charge in [-0.15, -0.1) is 0 Å². The number of hydrogen-bond acceptors (Lipinski definition) is 2. The highest BCUT2D eigenvalue weighted by Gasteiger charge is 1.91. The van der Waals surface area contributed by atoms with E-state index in [2.05, 4.69) is 12.7 Å². The highest BCUT2D eigenvalue weighted by molar-refractivity contribution is 5.85. The van der Waals surface area contributed by atoms with Crippen LogP contribution in [0.5, 0.6) is 0 Å². The molecule has 0 heterocycles. The van der Waals surface area contributed by atoms with Gasteiger partial charge in [0.1, 0.15) is 0 Å². The molecule has 0 fully saturated rings. The van der Waals surface area contributed by atoms with Gasteiger partial charge in [0.25, 0.3) is 0 Å². The van der Waals surface area contributed by atoms with Gasteiger partial charge in [-0.1, -0.05) is 88.6 Å². The van der Waals surface area contributed by atoms with Crippen molar-refractivity contribution in [1.82, 2.24) is 0 Å². The molecule has 1 aromatic rings. The molecule has 0 aliphatic heterocycles. The molecule has 1 rings (SSSR count). The average molecular weight is 307 g/mol. The molecule has 22 heavy (non-hydrogen) atoms. The number of benzene rings is 1. The molecule has 3 N–H and O–H groups in total. The number of carbonyl (C=O) groups is 1. The van der Waals surface area contributed by atoms with E-state index >= 15 is 0 Å². The van der Waals surface area contributed by atoms with E-state index in [0.717, 1.165) is 6.54 Å². The Labute approximate surface area is 135 Å². The van der Waals surface area contributed by atoms with Crippen LogP contribution in [0, 0.1) is 0 Å². The third-order valence-electron chi connectivity index (χ3n) is 3.61. The number of hydrogen-bond donors (Lipinski definition) is 1. The maximum atomic E-state index is 10.1. The monoisotopic (exact) mass is 307 g/mol. The minimum atomic E-state index is -1.13. The summed E-state index contributed by atoms with van der Waals surface area (Å²) in [5.74, 6) is -1.13. The Balaban J connectivity index is 0.000000425. The first-order chi connectivity index (χ1) is 10.7. The van der Waals surface area contributed by atoms with Crippen LogP contribution in [-0.2, 0) is 0 Å². The van der Waals surface area contributed by atoms with Crippen LogP contribution < -0.4 is 10.8 Å². The van der Waals surface area contributed by atoms with E-state index in [1.54, 1.807) is 18.2 Å². The van der Waals surface area contributed by atoms with Crippen molar-refractivity contribution < 1.29 is 15.6 Å². The van der Waals surface area contributed by atoms with E-state index in [0.29, 0.717) is 0 Å². The molecule has 3 heteroatoms. The lowest BCUT2D eigenvalue weighted by Gasteiger charge is -2.00. The molecule has 0 saturated heterocycles. The summed E-state index contributed by atoms with van der Waals surface area (Å²) in [7, 11) is 0. The van der Waals surface area contributed by atoms with Crippen molar-refractivity contribution >= 4 is 5.97 Å². The first-order valence-electron chi connectivity index (χ1n) is 8.78.